The molecule has 0 bridgehead atoms. The Labute approximate surface area is 139 Å². The summed E-state index contributed by atoms with van der Waals surface area (Å²) in [5, 5.41) is 3.05. The molecule has 1 fully saturated rings. The molecule has 1 aliphatic rings. The van der Waals surface area contributed by atoms with Gasteiger partial charge in [-0.25, -0.2) is 0 Å². The lowest BCUT2D eigenvalue weighted by molar-refractivity contribution is -0.127. The van der Waals surface area contributed by atoms with Gasteiger partial charge in [0.1, 0.15) is 0 Å². The van der Waals surface area contributed by atoms with Gasteiger partial charge in [0.05, 0.1) is 6.10 Å². The number of nitrogens with two attached hydrogens (primary N) is 1. The van der Waals surface area contributed by atoms with E-state index in [1.54, 1.807) is 6.20 Å². The summed E-state index contributed by atoms with van der Waals surface area (Å²) in [7, 11) is 0. The Kier molecular flexibility index (Phi) is 7.49. The van der Waals surface area contributed by atoms with Gasteiger partial charge in [-0.05, 0) is 50.2 Å². The van der Waals surface area contributed by atoms with E-state index in [0.717, 1.165) is 45.1 Å². The number of carbonyl (C=O) groups is 1. The highest BCUT2D eigenvalue weighted by Crippen LogP contribution is 2.26. The largest absolute Gasteiger partial charge is 0.377 e. The van der Waals surface area contributed by atoms with Gasteiger partial charge in [-0.1, -0.05) is 13.0 Å². The van der Waals surface area contributed by atoms with Gasteiger partial charge in [0.2, 0.25) is 5.91 Å². The molecular formula is C18H29N3O2. The van der Waals surface area contributed by atoms with Gasteiger partial charge < -0.3 is 15.8 Å². The van der Waals surface area contributed by atoms with Crippen molar-refractivity contribution in [2.45, 2.75) is 57.6 Å². The van der Waals surface area contributed by atoms with Gasteiger partial charge in [-0.3, -0.25) is 9.78 Å². The summed E-state index contributed by atoms with van der Waals surface area (Å²) in [6, 6.07) is 3.97. The quantitative estimate of drug-likeness (QED) is 0.719. The van der Waals surface area contributed by atoms with Crippen LogP contribution in [-0.4, -0.2) is 36.2 Å². The second kappa shape index (κ2) is 9.63. The number of pyridine rings is 1. The molecule has 5 heteroatoms. The summed E-state index contributed by atoms with van der Waals surface area (Å²) in [6.45, 7) is 3.55. The summed E-state index contributed by atoms with van der Waals surface area (Å²) in [5.74, 6) is 0.172. The van der Waals surface area contributed by atoms with Crippen molar-refractivity contribution < 1.29 is 9.53 Å². The number of ether oxygens (including phenoxy) is 1. The Balaban J connectivity index is 1.64. The summed E-state index contributed by atoms with van der Waals surface area (Å²) in [5.41, 5.74) is 7.37. The maximum absolute atomic E-state index is 12.3. The first-order valence-corrected chi connectivity index (χ1v) is 8.74. The zero-order valence-corrected chi connectivity index (χ0v) is 14.0. The van der Waals surface area contributed by atoms with E-state index in [1.807, 2.05) is 12.3 Å². The maximum atomic E-state index is 12.3. The third-order valence-corrected chi connectivity index (χ3v) is 4.40. The van der Waals surface area contributed by atoms with Crippen molar-refractivity contribution in [3.63, 3.8) is 0 Å². The summed E-state index contributed by atoms with van der Waals surface area (Å²) < 4.78 is 5.76. The van der Waals surface area contributed by atoms with Crippen LogP contribution in [0, 0.1) is 5.92 Å². The third-order valence-electron chi connectivity index (χ3n) is 4.40. The summed E-state index contributed by atoms with van der Waals surface area (Å²) >= 11 is 0. The van der Waals surface area contributed by atoms with Crippen molar-refractivity contribution >= 4 is 5.91 Å². The Morgan fingerprint density at radius 1 is 1.48 bits per heavy atom. The average molecular weight is 319 g/mol. The van der Waals surface area contributed by atoms with Crippen LogP contribution in [-0.2, 0) is 16.0 Å². The number of hydrogen-bond acceptors (Lipinski definition) is 4. The molecular weight excluding hydrogens is 290 g/mol. The van der Waals surface area contributed by atoms with Gasteiger partial charge in [0.15, 0.2) is 0 Å². The molecule has 23 heavy (non-hydrogen) atoms. The molecule has 1 aromatic rings. The molecule has 1 aliphatic carbocycles. The Morgan fingerprint density at radius 3 is 3.04 bits per heavy atom. The van der Waals surface area contributed by atoms with Crippen molar-refractivity contribution in [1.29, 1.82) is 0 Å². The smallest absolute Gasteiger partial charge is 0.223 e. The van der Waals surface area contributed by atoms with E-state index in [4.69, 9.17) is 10.5 Å². The van der Waals surface area contributed by atoms with E-state index < -0.39 is 0 Å². The minimum absolute atomic E-state index is 0.0264. The van der Waals surface area contributed by atoms with Crippen LogP contribution >= 0.6 is 0 Å². The topological polar surface area (TPSA) is 77.2 Å². The molecule has 0 aromatic carbocycles. The molecule has 1 aromatic heterocycles. The number of carbonyl (C=O) groups excluding carboxylic acids is 1. The molecule has 2 rings (SSSR count). The summed E-state index contributed by atoms with van der Waals surface area (Å²) in [4.78, 5) is 16.4. The van der Waals surface area contributed by atoms with Crippen molar-refractivity contribution in [1.82, 2.24) is 10.3 Å². The molecule has 5 nitrogen and oxygen atoms in total. The lowest BCUT2D eigenvalue weighted by Crippen LogP contribution is -2.46. The van der Waals surface area contributed by atoms with Crippen LogP contribution in [0.5, 0.6) is 0 Å². The monoisotopic (exact) mass is 319 g/mol. The molecule has 128 valence electrons. The minimum atomic E-state index is -0.0264. The number of aromatic nitrogens is 1. The molecule has 1 heterocycles. The highest BCUT2D eigenvalue weighted by Gasteiger charge is 2.32. The number of aryl methyl sites for hydroxylation is 1. The zero-order valence-electron chi connectivity index (χ0n) is 14.0. The van der Waals surface area contributed by atoms with Crippen LogP contribution < -0.4 is 11.1 Å². The molecule has 0 saturated heterocycles. The lowest BCUT2D eigenvalue weighted by atomic mass is 9.83. The fourth-order valence-electron chi connectivity index (χ4n) is 3.09. The van der Waals surface area contributed by atoms with Gasteiger partial charge in [0.25, 0.3) is 0 Å². The van der Waals surface area contributed by atoms with Crippen molar-refractivity contribution in [2.75, 3.05) is 13.2 Å². The lowest BCUT2D eigenvalue weighted by Gasteiger charge is -2.33. The third kappa shape index (κ3) is 5.92. The Hall–Kier alpha value is -1.46. The van der Waals surface area contributed by atoms with Crippen LogP contribution in [0.1, 0.15) is 44.6 Å². The number of amides is 1. The Morgan fingerprint density at radius 2 is 2.35 bits per heavy atom. The standard InChI is InChI=1S/C18H29N3O2/c1-2-11-23-17-8-7-15(12-16(17)19)18(22)21-10-4-6-14-5-3-9-20-13-14/h3,5,9,13,15-17H,2,4,6-8,10-12,19H2,1H3,(H,21,22)/t15-,16+,17+/m0/s1. The van der Waals surface area contributed by atoms with E-state index in [0.29, 0.717) is 6.54 Å². The number of hydrogen-bond donors (Lipinski definition) is 2. The molecule has 0 radical (unpaired) electrons. The second-order valence-electron chi connectivity index (χ2n) is 6.34. The first kappa shape index (κ1) is 17.9. The van der Waals surface area contributed by atoms with E-state index in [2.05, 4.69) is 23.3 Å². The van der Waals surface area contributed by atoms with E-state index in [1.165, 1.54) is 5.56 Å². The van der Waals surface area contributed by atoms with Crippen LogP contribution in [0.15, 0.2) is 24.5 Å². The first-order valence-electron chi connectivity index (χ1n) is 8.74. The van der Waals surface area contributed by atoms with Crippen molar-refractivity contribution in [2.24, 2.45) is 11.7 Å². The first-order chi connectivity index (χ1) is 11.2. The summed E-state index contributed by atoms with van der Waals surface area (Å²) in [6.07, 6.45) is 9.11. The SMILES string of the molecule is CCCO[C@@H]1CC[C@H](C(=O)NCCCc2cccnc2)C[C@H]1N. The van der Waals surface area contributed by atoms with Gasteiger partial charge in [-0.2, -0.15) is 0 Å². The molecule has 3 atom stereocenters. The van der Waals surface area contributed by atoms with E-state index >= 15 is 0 Å². The maximum Gasteiger partial charge on any atom is 0.223 e. The van der Waals surface area contributed by atoms with Crippen LogP contribution in [0.25, 0.3) is 0 Å². The fourth-order valence-corrected chi connectivity index (χ4v) is 3.09. The number of nitrogens with one attached hydrogen (secondary N) is 1. The Bertz CT molecular complexity index is 467. The average Bonchev–Trinajstić information content (AvgIpc) is 2.58. The number of nitrogens with zero attached hydrogens (tertiary/aromatic N) is 1. The highest BCUT2D eigenvalue weighted by molar-refractivity contribution is 5.78. The van der Waals surface area contributed by atoms with Crippen LogP contribution in [0.3, 0.4) is 0 Å². The number of rotatable bonds is 8. The molecule has 0 spiro atoms. The highest BCUT2D eigenvalue weighted by atomic mass is 16.5. The zero-order chi connectivity index (χ0) is 16.5. The van der Waals surface area contributed by atoms with Crippen molar-refractivity contribution in [3.05, 3.63) is 30.1 Å². The molecule has 1 amide bonds. The predicted molar refractivity (Wildman–Crippen MR) is 90.9 cm³/mol. The minimum Gasteiger partial charge on any atom is -0.377 e. The fraction of sp³-hybridized carbons (Fsp3) is 0.667. The van der Waals surface area contributed by atoms with Crippen LogP contribution in [0.2, 0.25) is 0 Å². The molecule has 0 unspecified atom stereocenters. The van der Waals surface area contributed by atoms with Crippen LogP contribution in [0.4, 0.5) is 0 Å². The normalized spacial score (nSPS) is 24.3. The molecule has 1 saturated carbocycles. The molecule has 0 aliphatic heterocycles. The van der Waals surface area contributed by atoms with Gasteiger partial charge >= 0.3 is 0 Å². The second-order valence-corrected chi connectivity index (χ2v) is 6.34. The van der Waals surface area contributed by atoms with Gasteiger partial charge in [-0.15, -0.1) is 0 Å². The van der Waals surface area contributed by atoms with E-state index in [9.17, 15) is 4.79 Å². The van der Waals surface area contributed by atoms with E-state index in [-0.39, 0.29) is 24.0 Å². The predicted octanol–water partition coefficient (Wildman–Crippen LogP) is 2.05. The van der Waals surface area contributed by atoms with Gasteiger partial charge in [0, 0.05) is 37.5 Å². The van der Waals surface area contributed by atoms with Crippen molar-refractivity contribution in [3.8, 4) is 0 Å². The molecule has 3 N–H and O–H groups in total.